The van der Waals surface area contributed by atoms with Crippen LogP contribution in [0.5, 0.6) is 0 Å². The van der Waals surface area contributed by atoms with Gasteiger partial charge in [-0.3, -0.25) is 0 Å². The summed E-state index contributed by atoms with van der Waals surface area (Å²) in [6, 6.07) is 11.4. The Bertz CT molecular complexity index is 1040. The number of rotatable bonds is 5. The van der Waals surface area contributed by atoms with Gasteiger partial charge in [0.15, 0.2) is 9.84 Å². The zero-order chi connectivity index (χ0) is 19.8. The van der Waals surface area contributed by atoms with E-state index in [9.17, 15) is 16.8 Å². The number of nitrogens with zero attached hydrogens (tertiary/aromatic N) is 1. The summed E-state index contributed by atoms with van der Waals surface area (Å²) in [5.41, 5.74) is 3.11. The van der Waals surface area contributed by atoms with Crippen LogP contribution < -0.4 is 0 Å². The van der Waals surface area contributed by atoms with E-state index in [2.05, 4.69) is 0 Å². The van der Waals surface area contributed by atoms with E-state index in [-0.39, 0.29) is 4.90 Å². The molecule has 7 heteroatoms. The lowest BCUT2D eigenvalue weighted by Crippen LogP contribution is -2.30. The number of fused-ring (bicyclic) bond motifs is 1. The summed E-state index contributed by atoms with van der Waals surface area (Å²) in [6.07, 6.45) is 5.33. The fourth-order valence-corrected chi connectivity index (χ4v) is 5.48. The first-order valence-electron chi connectivity index (χ1n) is 9.00. The normalized spacial score (nSPS) is 16.1. The van der Waals surface area contributed by atoms with Crippen LogP contribution in [0.25, 0.3) is 0 Å². The largest absolute Gasteiger partial charge is 0.243 e. The molecule has 0 bridgehead atoms. The molecule has 5 nitrogen and oxygen atoms in total. The first-order chi connectivity index (χ1) is 12.6. The molecule has 0 unspecified atom stereocenters. The quantitative estimate of drug-likeness (QED) is 0.762. The molecule has 0 amide bonds. The molecule has 0 heterocycles. The van der Waals surface area contributed by atoms with Crippen LogP contribution >= 0.6 is 0 Å². The fourth-order valence-electron chi connectivity index (χ4n) is 3.45. The van der Waals surface area contributed by atoms with E-state index < -0.39 is 25.9 Å². The Morgan fingerprint density at radius 3 is 2.00 bits per heavy atom. The molecule has 0 saturated carbocycles. The van der Waals surface area contributed by atoms with Crippen LogP contribution in [-0.4, -0.2) is 34.4 Å². The molecule has 0 aliphatic heterocycles. The molecule has 2 aromatic rings. The molecule has 3 rings (SSSR count). The van der Waals surface area contributed by atoms with Gasteiger partial charge in [-0.2, -0.15) is 4.31 Å². The molecule has 0 radical (unpaired) electrons. The van der Waals surface area contributed by atoms with E-state index in [0.29, 0.717) is 4.90 Å². The molecule has 0 spiro atoms. The Hall–Kier alpha value is -1.70. The van der Waals surface area contributed by atoms with E-state index in [1.54, 1.807) is 38.2 Å². The maximum Gasteiger partial charge on any atom is 0.243 e. The summed E-state index contributed by atoms with van der Waals surface area (Å²) in [5.74, 6) is 0. The van der Waals surface area contributed by atoms with Gasteiger partial charge >= 0.3 is 0 Å². The van der Waals surface area contributed by atoms with Gasteiger partial charge < -0.3 is 0 Å². The highest BCUT2D eigenvalue weighted by Gasteiger charge is 2.27. The minimum atomic E-state index is -3.64. The molecule has 0 aromatic heterocycles. The van der Waals surface area contributed by atoms with Gasteiger partial charge in [0.25, 0.3) is 0 Å². The molecule has 1 aliphatic carbocycles. The van der Waals surface area contributed by atoms with Gasteiger partial charge in [0.2, 0.25) is 10.0 Å². The van der Waals surface area contributed by atoms with Crippen LogP contribution in [0.1, 0.15) is 42.5 Å². The van der Waals surface area contributed by atoms with Gasteiger partial charge in [-0.1, -0.05) is 18.2 Å². The molecule has 2 aromatic carbocycles. The van der Waals surface area contributed by atoms with Crippen molar-refractivity contribution < 1.29 is 16.8 Å². The second-order valence-corrected chi connectivity index (χ2v) is 11.2. The third-order valence-corrected chi connectivity index (χ3v) is 8.39. The summed E-state index contributed by atoms with van der Waals surface area (Å²) in [7, 11) is -5.36. The maximum atomic E-state index is 13.1. The third kappa shape index (κ3) is 4.10. The number of sulfone groups is 1. The molecule has 1 atom stereocenters. The van der Waals surface area contributed by atoms with E-state index in [0.717, 1.165) is 43.1 Å². The summed E-state index contributed by atoms with van der Waals surface area (Å²) >= 11 is 0. The molecular formula is C20H25NO4S2. The molecule has 0 N–H and O–H groups in total. The van der Waals surface area contributed by atoms with Crippen LogP contribution in [0.15, 0.2) is 52.3 Å². The van der Waals surface area contributed by atoms with E-state index in [4.69, 9.17) is 0 Å². The number of sulfonamides is 1. The van der Waals surface area contributed by atoms with Gasteiger partial charge in [0.1, 0.15) is 0 Å². The zero-order valence-corrected chi connectivity index (χ0v) is 17.5. The number of hydrogen-bond acceptors (Lipinski definition) is 4. The van der Waals surface area contributed by atoms with E-state index >= 15 is 0 Å². The molecule has 27 heavy (non-hydrogen) atoms. The van der Waals surface area contributed by atoms with Gasteiger partial charge in [-0.05, 0) is 73.6 Å². The van der Waals surface area contributed by atoms with Gasteiger partial charge in [-0.15, -0.1) is 0 Å². The second kappa shape index (κ2) is 7.37. The van der Waals surface area contributed by atoms with Crippen LogP contribution in [0.3, 0.4) is 0 Å². The zero-order valence-electron chi connectivity index (χ0n) is 15.8. The van der Waals surface area contributed by atoms with Crippen molar-refractivity contribution in [3.63, 3.8) is 0 Å². The van der Waals surface area contributed by atoms with Gasteiger partial charge in [-0.25, -0.2) is 16.8 Å². The molecule has 0 saturated heterocycles. The average Bonchev–Trinajstić information content (AvgIpc) is 2.65. The van der Waals surface area contributed by atoms with Gasteiger partial charge in [0, 0.05) is 19.3 Å². The lowest BCUT2D eigenvalue weighted by Gasteiger charge is -2.26. The Balaban J connectivity index is 1.88. The highest BCUT2D eigenvalue weighted by Crippen LogP contribution is 2.29. The fraction of sp³-hybridized carbons (Fsp3) is 0.400. The maximum absolute atomic E-state index is 13.1. The van der Waals surface area contributed by atoms with Crippen molar-refractivity contribution in [1.82, 2.24) is 4.31 Å². The predicted octanol–water partition coefficient (Wildman–Crippen LogP) is 3.35. The lowest BCUT2D eigenvalue weighted by molar-refractivity contribution is 0.398. The number of hydrogen-bond donors (Lipinski definition) is 0. The minimum Gasteiger partial charge on any atom is -0.224 e. The first kappa shape index (κ1) is 20.0. The highest BCUT2D eigenvalue weighted by molar-refractivity contribution is 7.90. The van der Waals surface area contributed by atoms with Crippen molar-refractivity contribution in [3.05, 3.63) is 59.2 Å². The predicted molar refractivity (Wildman–Crippen MR) is 106 cm³/mol. The van der Waals surface area contributed by atoms with Crippen LogP contribution in [-0.2, 0) is 32.7 Å². The SMILES string of the molecule is C[C@@H](c1ccc(S(C)(=O)=O)cc1)N(C)S(=O)(=O)c1ccc2c(c1)CCCC2. The second-order valence-electron chi connectivity index (χ2n) is 7.18. The van der Waals surface area contributed by atoms with E-state index in [1.165, 1.54) is 22.0 Å². The minimum absolute atomic E-state index is 0.221. The van der Waals surface area contributed by atoms with Crippen LogP contribution in [0, 0.1) is 0 Å². The first-order valence-corrected chi connectivity index (χ1v) is 12.3. The third-order valence-electron chi connectivity index (χ3n) is 5.33. The summed E-state index contributed by atoms with van der Waals surface area (Å²) in [5, 5.41) is 0. The van der Waals surface area contributed by atoms with Gasteiger partial charge in [0.05, 0.1) is 9.79 Å². The molecular weight excluding hydrogens is 382 g/mol. The molecule has 146 valence electrons. The average molecular weight is 408 g/mol. The van der Waals surface area contributed by atoms with Crippen molar-refractivity contribution in [2.45, 2.75) is 48.4 Å². The standard InChI is InChI=1S/C20H25NO4S2/c1-15(16-8-11-19(12-9-16)26(3,22)23)21(2)27(24,25)20-13-10-17-6-4-5-7-18(17)14-20/h8-15H,4-7H2,1-3H3/t15-/m0/s1. The number of benzene rings is 2. The monoisotopic (exact) mass is 407 g/mol. The lowest BCUT2D eigenvalue weighted by atomic mass is 9.92. The van der Waals surface area contributed by atoms with Crippen molar-refractivity contribution in [2.24, 2.45) is 0 Å². The Morgan fingerprint density at radius 1 is 0.852 bits per heavy atom. The Kier molecular flexibility index (Phi) is 5.47. The van der Waals surface area contributed by atoms with Crippen LogP contribution in [0.4, 0.5) is 0 Å². The number of aryl methyl sites for hydroxylation is 2. The van der Waals surface area contributed by atoms with Crippen LogP contribution in [0.2, 0.25) is 0 Å². The smallest absolute Gasteiger partial charge is 0.224 e. The van der Waals surface area contributed by atoms with E-state index in [1.807, 2.05) is 6.07 Å². The summed E-state index contributed by atoms with van der Waals surface area (Å²) < 4.78 is 50.7. The Labute approximate surface area is 162 Å². The Morgan fingerprint density at radius 2 is 1.41 bits per heavy atom. The summed E-state index contributed by atoms with van der Waals surface area (Å²) in [6.45, 7) is 1.80. The van der Waals surface area contributed by atoms with Crippen molar-refractivity contribution in [2.75, 3.05) is 13.3 Å². The van der Waals surface area contributed by atoms with Crippen molar-refractivity contribution in [1.29, 1.82) is 0 Å². The highest BCUT2D eigenvalue weighted by atomic mass is 32.2. The topological polar surface area (TPSA) is 71.5 Å². The van der Waals surface area contributed by atoms with Crippen molar-refractivity contribution >= 4 is 19.9 Å². The molecule has 0 fully saturated rings. The summed E-state index contributed by atoms with van der Waals surface area (Å²) in [4.78, 5) is 0.531. The van der Waals surface area contributed by atoms with Crippen molar-refractivity contribution in [3.8, 4) is 0 Å². The molecule has 1 aliphatic rings.